The van der Waals surface area contributed by atoms with Crippen LogP contribution < -0.4 is 10.6 Å². The molecule has 0 aliphatic carbocycles. The summed E-state index contributed by atoms with van der Waals surface area (Å²) in [6.07, 6.45) is 5.23. The molecule has 2 aromatic carbocycles. The molecule has 0 bridgehead atoms. The minimum atomic E-state index is -0.330. The number of benzene rings is 2. The van der Waals surface area contributed by atoms with Gasteiger partial charge in [-0.1, -0.05) is 80.2 Å². The zero-order chi connectivity index (χ0) is 27.9. The maximum atomic E-state index is 13.5. The molecule has 0 spiro atoms. The first-order valence-electron chi connectivity index (χ1n) is 13.7. The summed E-state index contributed by atoms with van der Waals surface area (Å²) in [5.74, 6) is 0.139. The number of nitrogens with one attached hydrogen (secondary N) is 2. The Morgan fingerprint density at radius 3 is 2.32 bits per heavy atom. The molecule has 8 heteroatoms. The third-order valence-corrected chi connectivity index (χ3v) is 7.60. The number of halogens is 2. The number of carbonyl (C=O) groups excluding carboxylic acids is 2. The van der Waals surface area contributed by atoms with Crippen LogP contribution in [0.4, 0.5) is 0 Å². The van der Waals surface area contributed by atoms with E-state index in [1.807, 2.05) is 30.1 Å². The summed E-state index contributed by atoms with van der Waals surface area (Å²) in [4.78, 5) is 30.2. The van der Waals surface area contributed by atoms with Crippen LogP contribution in [-0.4, -0.2) is 74.5 Å². The Morgan fingerprint density at radius 2 is 1.66 bits per heavy atom. The first-order valence-corrected chi connectivity index (χ1v) is 14.5. The third-order valence-electron chi connectivity index (χ3n) is 6.86. The lowest BCUT2D eigenvalue weighted by Gasteiger charge is -2.29. The van der Waals surface area contributed by atoms with Crippen molar-refractivity contribution in [1.82, 2.24) is 20.4 Å². The predicted molar refractivity (Wildman–Crippen MR) is 159 cm³/mol. The van der Waals surface area contributed by atoms with E-state index in [1.54, 1.807) is 18.2 Å². The molecule has 2 N–H and O–H groups in total. The Bertz CT molecular complexity index is 989. The summed E-state index contributed by atoms with van der Waals surface area (Å²) in [6.45, 7) is 7.75. The number of rotatable bonds is 17. The molecule has 0 heterocycles. The predicted octanol–water partition coefficient (Wildman–Crippen LogP) is 5.85. The SMILES string of the molecule is CCCCCN(C)CC[C@H](NCCNC(=O)c1ccc(Cl)c(Cl)c1)C(=O)N(C)C[C@@H](CC)c1ccccc1. The highest BCUT2D eigenvalue weighted by atomic mass is 35.5. The Labute approximate surface area is 239 Å². The van der Waals surface area contributed by atoms with E-state index in [0.717, 1.165) is 25.9 Å². The minimum absolute atomic E-state index is 0.0807. The van der Waals surface area contributed by atoms with Crippen LogP contribution in [0.25, 0.3) is 0 Å². The van der Waals surface area contributed by atoms with Crippen molar-refractivity contribution < 1.29 is 9.59 Å². The molecule has 2 amide bonds. The molecule has 0 saturated heterocycles. The van der Waals surface area contributed by atoms with E-state index in [9.17, 15) is 9.59 Å². The highest BCUT2D eigenvalue weighted by Gasteiger charge is 2.24. The van der Waals surface area contributed by atoms with Gasteiger partial charge in [-0.05, 0) is 63.2 Å². The van der Waals surface area contributed by atoms with Crippen LogP contribution in [-0.2, 0) is 4.79 Å². The van der Waals surface area contributed by atoms with Crippen molar-refractivity contribution in [2.24, 2.45) is 0 Å². The smallest absolute Gasteiger partial charge is 0.251 e. The Balaban J connectivity index is 1.96. The lowest BCUT2D eigenvalue weighted by molar-refractivity contribution is -0.132. The fourth-order valence-electron chi connectivity index (χ4n) is 4.45. The molecule has 0 unspecified atom stereocenters. The first kappa shape index (κ1) is 32.1. The van der Waals surface area contributed by atoms with Crippen LogP contribution in [0.5, 0.6) is 0 Å². The van der Waals surface area contributed by atoms with Crippen LogP contribution in [0.15, 0.2) is 48.5 Å². The average Bonchev–Trinajstić information content (AvgIpc) is 2.92. The molecule has 0 fully saturated rings. The molecule has 2 aromatic rings. The summed E-state index contributed by atoms with van der Waals surface area (Å²) in [6, 6.07) is 14.8. The van der Waals surface area contributed by atoms with Crippen molar-refractivity contribution in [3.63, 3.8) is 0 Å². The Hall–Kier alpha value is -2.12. The van der Waals surface area contributed by atoms with E-state index in [0.29, 0.717) is 41.7 Å². The molecule has 6 nitrogen and oxygen atoms in total. The van der Waals surface area contributed by atoms with Crippen LogP contribution in [0, 0.1) is 0 Å². The van der Waals surface area contributed by atoms with Crippen LogP contribution >= 0.6 is 23.2 Å². The second kappa shape index (κ2) is 17.5. The number of nitrogens with zero attached hydrogens (tertiary/aromatic N) is 2. The Morgan fingerprint density at radius 1 is 0.921 bits per heavy atom. The number of unbranched alkanes of at least 4 members (excludes halogenated alkanes) is 2. The normalized spacial score (nSPS) is 12.8. The standard InChI is InChI=1S/C30H44Cl2N4O2/c1-5-7-11-19-35(3)20-16-28(30(38)36(4)22-23(6-2)24-12-9-8-10-13-24)33-17-18-34-29(37)25-14-15-26(31)27(32)21-25/h8-10,12-15,21,23,28,33H,5-7,11,16-20,22H2,1-4H3,(H,34,37)/t23-,28+/m1/s1. The molecule has 210 valence electrons. The molecule has 2 atom stereocenters. The largest absolute Gasteiger partial charge is 0.351 e. The summed E-state index contributed by atoms with van der Waals surface area (Å²) in [7, 11) is 4.00. The van der Waals surface area contributed by atoms with Gasteiger partial charge in [-0.25, -0.2) is 0 Å². The van der Waals surface area contributed by atoms with Gasteiger partial charge in [0.2, 0.25) is 5.91 Å². The van der Waals surface area contributed by atoms with Gasteiger partial charge in [-0.2, -0.15) is 0 Å². The fraction of sp³-hybridized carbons (Fsp3) is 0.533. The third kappa shape index (κ3) is 10.9. The highest BCUT2D eigenvalue weighted by Crippen LogP contribution is 2.22. The zero-order valence-corrected chi connectivity index (χ0v) is 24.8. The maximum absolute atomic E-state index is 13.5. The van der Waals surface area contributed by atoms with E-state index in [1.165, 1.54) is 18.4 Å². The second-order valence-electron chi connectivity index (χ2n) is 9.93. The molecule has 2 rings (SSSR count). The topological polar surface area (TPSA) is 64.7 Å². The van der Waals surface area contributed by atoms with Gasteiger partial charge in [-0.15, -0.1) is 0 Å². The second-order valence-corrected chi connectivity index (χ2v) is 10.7. The van der Waals surface area contributed by atoms with E-state index < -0.39 is 0 Å². The summed E-state index contributed by atoms with van der Waals surface area (Å²) in [5, 5.41) is 7.05. The van der Waals surface area contributed by atoms with E-state index in [4.69, 9.17) is 23.2 Å². The first-order chi connectivity index (χ1) is 18.3. The van der Waals surface area contributed by atoms with E-state index >= 15 is 0 Å². The van der Waals surface area contributed by atoms with Crippen LogP contribution in [0.1, 0.15) is 67.8 Å². The number of amides is 2. The molecular formula is C30H44Cl2N4O2. The molecule has 0 aromatic heterocycles. The Kier molecular flexibility index (Phi) is 14.8. The fourth-order valence-corrected chi connectivity index (χ4v) is 4.75. The molecule has 0 aliphatic heterocycles. The lowest BCUT2D eigenvalue weighted by Crippen LogP contribution is -2.49. The summed E-state index contributed by atoms with van der Waals surface area (Å²) in [5.41, 5.74) is 1.70. The molecule has 0 saturated carbocycles. The van der Waals surface area contributed by atoms with E-state index in [2.05, 4.69) is 48.6 Å². The van der Waals surface area contributed by atoms with Gasteiger partial charge in [0.15, 0.2) is 0 Å². The van der Waals surface area contributed by atoms with Gasteiger partial charge in [-0.3, -0.25) is 9.59 Å². The van der Waals surface area contributed by atoms with Crippen molar-refractivity contribution in [3.05, 3.63) is 69.7 Å². The van der Waals surface area contributed by atoms with Crippen molar-refractivity contribution in [3.8, 4) is 0 Å². The van der Waals surface area contributed by atoms with Gasteiger partial charge in [0.25, 0.3) is 5.91 Å². The minimum Gasteiger partial charge on any atom is -0.351 e. The molecular weight excluding hydrogens is 519 g/mol. The summed E-state index contributed by atoms with van der Waals surface area (Å²) >= 11 is 12.0. The average molecular weight is 564 g/mol. The van der Waals surface area contributed by atoms with Gasteiger partial charge >= 0.3 is 0 Å². The number of carbonyl (C=O) groups is 2. The number of hydrogen-bond donors (Lipinski definition) is 2. The highest BCUT2D eigenvalue weighted by molar-refractivity contribution is 6.42. The van der Waals surface area contributed by atoms with Crippen molar-refractivity contribution in [2.45, 2.75) is 57.9 Å². The number of hydrogen-bond acceptors (Lipinski definition) is 4. The monoisotopic (exact) mass is 562 g/mol. The molecule has 0 radical (unpaired) electrons. The molecule has 0 aliphatic rings. The van der Waals surface area contributed by atoms with Crippen molar-refractivity contribution in [2.75, 3.05) is 46.8 Å². The van der Waals surface area contributed by atoms with Gasteiger partial charge < -0.3 is 20.4 Å². The van der Waals surface area contributed by atoms with Crippen molar-refractivity contribution >= 4 is 35.0 Å². The lowest BCUT2D eigenvalue weighted by atomic mass is 9.96. The van der Waals surface area contributed by atoms with Crippen LogP contribution in [0.2, 0.25) is 10.0 Å². The van der Waals surface area contributed by atoms with E-state index in [-0.39, 0.29) is 23.8 Å². The molecule has 38 heavy (non-hydrogen) atoms. The zero-order valence-electron chi connectivity index (χ0n) is 23.3. The number of likely N-dealkylation sites (N-methyl/N-ethyl adjacent to an activating group) is 1. The van der Waals surface area contributed by atoms with Crippen molar-refractivity contribution in [1.29, 1.82) is 0 Å². The maximum Gasteiger partial charge on any atom is 0.251 e. The van der Waals surface area contributed by atoms with Gasteiger partial charge in [0.1, 0.15) is 0 Å². The summed E-state index contributed by atoms with van der Waals surface area (Å²) < 4.78 is 0. The quantitative estimate of drug-likeness (QED) is 0.237. The van der Waals surface area contributed by atoms with Gasteiger partial charge in [0, 0.05) is 38.2 Å². The van der Waals surface area contributed by atoms with Crippen LogP contribution in [0.3, 0.4) is 0 Å². The van der Waals surface area contributed by atoms with Gasteiger partial charge in [0.05, 0.1) is 16.1 Å².